The Hall–Kier alpha value is -0.990. The van der Waals surface area contributed by atoms with Gasteiger partial charge in [-0.1, -0.05) is 12.2 Å². The molecule has 0 aliphatic rings. The van der Waals surface area contributed by atoms with E-state index in [4.69, 9.17) is 0 Å². The zero-order valence-corrected chi connectivity index (χ0v) is 6.77. The highest BCUT2D eigenvalue weighted by Gasteiger charge is 2.03. The van der Waals surface area contributed by atoms with Gasteiger partial charge in [0, 0.05) is 20.6 Å². The summed E-state index contributed by atoms with van der Waals surface area (Å²) in [4.78, 5) is 12.4. The van der Waals surface area contributed by atoms with E-state index in [0.717, 1.165) is 5.57 Å². The average Bonchev–Trinajstić information content (AvgIpc) is 1.85. The summed E-state index contributed by atoms with van der Waals surface area (Å²) in [6, 6.07) is -0.0806. The van der Waals surface area contributed by atoms with Crippen LogP contribution in [0, 0.1) is 0 Å². The van der Waals surface area contributed by atoms with Crippen LogP contribution in [0.3, 0.4) is 0 Å². The smallest absolute Gasteiger partial charge is 0.317 e. The first kappa shape index (κ1) is 9.01. The summed E-state index contributed by atoms with van der Waals surface area (Å²) in [7, 11) is 3.34. The molecule has 10 heavy (non-hydrogen) atoms. The van der Waals surface area contributed by atoms with Crippen LogP contribution < -0.4 is 5.32 Å². The normalized spacial score (nSPS) is 8.70. The maximum Gasteiger partial charge on any atom is 0.317 e. The summed E-state index contributed by atoms with van der Waals surface area (Å²) in [6.45, 7) is 6.19. The van der Waals surface area contributed by atoms with Crippen molar-refractivity contribution >= 4 is 6.03 Å². The van der Waals surface area contributed by atoms with Gasteiger partial charge in [0.2, 0.25) is 0 Å². The Morgan fingerprint density at radius 3 is 2.50 bits per heavy atom. The monoisotopic (exact) mass is 142 g/mol. The Kier molecular flexibility index (Phi) is 3.54. The van der Waals surface area contributed by atoms with Crippen molar-refractivity contribution in [3.63, 3.8) is 0 Å². The second-order valence-corrected chi connectivity index (χ2v) is 2.37. The second kappa shape index (κ2) is 3.93. The predicted molar refractivity (Wildman–Crippen MR) is 41.9 cm³/mol. The first-order valence-electron chi connectivity index (χ1n) is 3.15. The average molecular weight is 142 g/mol. The van der Waals surface area contributed by atoms with E-state index in [0.29, 0.717) is 6.54 Å². The number of urea groups is 1. The highest BCUT2D eigenvalue weighted by Crippen LogP contribution is 1.91. The third-order valence-electron chi connectivity index (χ3n) is 1.07. The van der Waals surface area contributed by atoms with Gasteiger partial charge in [-0.25, -0.2) is 4.79 Å². The zero-order chi connectivity index (χ0) is 8.15. The fourth-order valence-electron chi connectivity index (χ4n) is 0.668. The molecule has 1 N–H and O–H groups in total. The highest BCUT2D eigenvalue weighted by atomic mass is 16.2. The highest BCUT2D eigenvalue weighted by molar-refractivity contribution is 5.73. The number of amides is 2. The van der Waals surface area contributed by atoms with Crippen LogP contribution in [0.4, 0.5) is 4.79 Å². The lowest BCUT2D eigenvalue weighted by molar-refractivity contribution is 0.214. The van der Waals surface area contributed by atoms with Crippen molar-refractivity contribution in [2.45, 2.75) is 6.92 Å². The third kappa shape index (κ3) is 3.12. The molecule has 0 aromatic rings. The van der Waals surface area contributed by atoms with Crippen molar-refractivity contribution in [2.75, 3.05) is 20.6 Å². The Morgan fingerprint density at radius 1 is 1.70 bits per heavy atom. The van der Waals surface area contributed by atoms with E-state index in [1.165, 1.54) is 0 Å². The third-order valence-corrected chi connectivity index (χ3v) is 1.07. The quantitative estimate of drug-likeness (QED) is 0.569. The number of carbonyl (C=O) groups is 1. The SMILES string of the molecule is C=C(C)CN(C)C(=O)NC. The van der Waals surface area contributed by atoms with E-state index in [2.05, 4.69) is 11.9 Å². The van der Waals surface area contributed by atoms with Gasteiger partial charge in [0.05, 0.1) is 0 Å². The number of likely N-dealkylation sites (N-methyl/N-ethyl adjacent to an activating group) is 1. The van der Waals surface area contributed by atoms with E-state index in [1.807, 2.05) is 6.92 Å². The largest absolute Gasteiger partial charge is 0.341 e. The lowest BCUT2D eigenvalue weighted by atomic mass is 10.3. The maximum atomic E-state index is 10.8. The first-order chi connectivity index (χ1) is 4.57. The standard InChI is InChI=1S/C7H14N2O/c1-6(2)5-9(4)7(10)8-3/h1,5H2,2-4H3,(H,8,10). The van der Waals surface area contributed by atoms with E-state index >= 15 is 0 Å². The Morgan fingerprint density at radius 2 is 2.20 bits per heavy atom. The molecular weight excluding hydrogens is 128 g/mol. The van der Waals surface area contributed by atoms with Crippen molar-refractivity contribution < 1.29 is 4.79 Å². The number of rotatable bonds is 2. The van der Waals surface area contributed by atoms with Gasteiger partial charge in [-0.15, -0.1) is 0 Å². The molecule has 0 heterocycles. The van der Waals surface area contributed by atoms with Gasteiger partial charge in [0.25, 0.3) is 0 Å². The molecule has 0 unspecified atom stereocenters. The summed E-state index contributed by atoms with van der Waals surface area (Å²) < 4.78 is 0. The van der Waals surface area contributed by atoms with E-state index < -0.39 is 0 Å². The molecule has 0 spiro atoms. The number of nitrogens with zero attached hydrogens (tertiary/aromatic N) is 1. The molecule has 3 nitrogen and oxygen atoms in total. The van der Waals surface area contributed by atoms with Gasteiger partial charge < -0.3 is 10.2 Å². The summed E-state index contributed by atoms with van der Waals surface area (Å²) in [5.74, 6) is 0. The number of hydrogen-bond donors (Lipinski definition) is 1. The number of carbonyl (C=O) groups excluding carboxylic acids is 1. The summed E-state index contributed by atoms with van der Waals surface area (Å²) in [5, 5.41) is 2.52. The molecule has 0 saturated carbocycles. The summed E-state index contributed by atoms with van der Waals surface area (Å²) in [5.41, 5.74) is 0.978. The van der Waals surface area contributed by atoms with Gasteiger partial charge in [0.15, 0.2) is 0 Å². The molecule has 58 valence electrons. The molecule has 0 bridgehead atoms. The van der Waals surface area contributed by atoms with E-state index in [-0.39, 0.29) is 6.03 Å². The van der Waals surface area contributed by atoms with Crippen LogP contribution in [0.2, 0.25) is 0 Å². The van der Waals surface area contributed by atoms with Gasteiger partial charge in [0.1, 0.15) is 0 Å². The molecular formula is C7H14N2O. The molecule has 0 rings (SSSR count). The van der Waals surface area contributed by atoms with Gasteiger partial charge in [-0.2, -0.15) is 0 Å². The van der Waals surface area contributed by atoms with Crippen molar-refractivity contribution in [1.29, 1.82) is 0 Å². The minimum absolute atomic E-state index is 0.0806. The second-order valence-electron chi connectivity index (χ2n) is 2.37. The lowest BCUT2D eigenvalue weighted by Gasteiger charge is -2.15. The van der Waals surface area contributed by atoms with E-state index in [9.17, 15) is 4.79 Å². The topological polar surface area (TPSA) is 32.3 Å². The van der Waals surface area contributed by atoms with Crippen LogP contribution in [0.15, 0.2) is 12.2 Å². The van der Waals surface area contributed by atoms with Gasteiger partial charge in [-0.3, -0.25) is 0 Å². The van der Waals surface area contributed by atoms with Crippen LogP contribution >= 0.6 is 0 Å². The Bertz CT molecular complexity index is 143. The predicted octanol–water partition coefficient (Wildman–Crippen LogP) is 0.834. The molecule has 0 radical (unpaired) electrons. The molecule has 0 aliphatic heterocycles. The Balaban J connectivity index is 3.72. The zero-order valence-electron chi connectivity index (χ0n) is 6.77. The van der Waals surface area contributed by atoms with Crippen molar-refractivity contribution in [3.05, 3.63) is 12.2 Å². The number of nitrogens with one attached hydrogen (secondary N) is 1. The first-order valence-corrected chi connectivity index (χ1v) is 3.15. The van der Waals surface area contributed by atoms with Crippen molar-refractivity contribution in [3.8, 4) is 0 Å². The molecule has 3 heteroatoms. The molecule has 0 aromatic carbocycles. The lowest BCUT2D eigenvalue weighted by Crippen LogP contribution is -2.35. The van der Waals surface area contributed by atoms with Crippen LogP contribution in [-0.4, -0.2) is 31.6 Å². The van der Waals surface area contributed by atoms with Gasteiger partial charge in [-0.05, 0) is 6.92 Å². The fraction of sp³-hybridized carbons (Fsp3) is 0.571. The number of hydrogen-bond acceptors (Lipinski definition) is 1. The molecule has 0 aliphatic carbocycles. The molecule has 0 saturated heterocycles. The molecule has 0 atom stereocenters. The molecule has 2 amide bonds. The Labute approximate surface area is 61.7 Å². The summed E-state index contributed by atoms with van der Waals surface area (Å²) in [6.07, 6.45) is 0. The maximum absolute atomic E-state index is 10.8. The van der Waals surface area contributed by atoms with Crippen LogP contribution in [-0.2, 0) is 0 Å². The van der Waals surface area contributed by atoms with Gasteiger partial charge >= 0.3 is 6.03 Å². The summed E-state index contributed by atoms with van der Waals surface area (Å²) >= 11 is 0. The van der Waals surface area contributed by atoms with E-state index in [1.54, 1.807) is 19.0 Å². The van der Waals surface area contributed by atoms with Crippen LogP contribution in [0.5, 0.6) is 0 Å². The van der Waals surface area contributed by atoms with Crippen molar-refractivity contribution in [1.82, 2.24) is 10.2 Å². The molecule has 0 fully saturated rings. The molecule has 0 aromatic heterocycles. The van der Waals surface area contributed by atoms with Crippen LogP contribution in [0.25, 0.3) is 0 Å². The van der Waals surface area contributed by atoms with Crippen LogP contribution in [0.1, 0.15) is 6.92 Å². The minimum atomic E-state index is -0.0806. The minimum Gasteiger partial charge on any atom is -0.341 e. The van der Waals surface area contributed by atoms with Crippen molar-refractivity contribution in [2.24, 2.45) is 0 Å². The fourth-order valence-corrected chi connectivity index (χ4v) is 0.668.